The van der Waals surface area contributed by atoms with Crippen LogP contribution in [0.5, 0.6) is 0 Å². The lowest BCUT2D eigenvalue weighted by Gasteiger charge is -2.06. The summed E-state index contributed by atoms with van der Waals surface area (Å²) in [6, 6.07) is 12.7. The minimum atomic E-state index is 0.937. The van der Waals surface area contributed by atoms with Crippen molar-refractivity contribution in [2.24, 2.45) is 0 Å². The lowest BCUT2D eigenvalue weighted by atomic mass is 10.0. The van der Waals surface area contributed by atoms with E-state index in [9.17, 15) is 0 Å². The Morgan fingerprint density at radius 1 is 1.06 bits per heavy atom. The molecule has 0 spiro atoms. The van der Waals surface area contributed by atoms with Crippen LogP contribution in [0.1, 0.15) is 18.9 Å². The Hall–Kier alpha value is -1.67. The fourth-order valence-electron chi connectivity index (χ4n) is 1.81. The van der Waals surface area contributed by atoms with Crippen molar-refractivity contribution in [1.82, 2.24) is 10.3 Å². The summed E-state index contributed by atoms with van der Waals surface area (Å²) < 4.78 is 0. The fraction of sp³-hybridized carbons (Fsp3) is 0.267. The van der Waals surface area contributed by atoms with Crippen LogP contribution in [0.15, 0.2) is 48.8 Å². The van der Waals surface area contributed by atoms with Gasteiger partial charge in [-0.15, -0.1) is 0 Å². The highest BCUT2D eigenvalue weighted by Crippen LogP contribution is 2.19. The molecule has 0 aliphatic rings. The van der Waals surface area contributed by atoms with Crippen molar-refractivity contribution in [2.45, 2.75) is 19.9 Å². The Morgan fingerprint density at radius 2 is 1.88 bits per heavy atom. The van der Waals surface area contributed by atoms with E-state index in [-0.39, 0.29) is 0 Å². The van der Waals surface area contributed by atoms with Crippen LogP contribution >= 0.6 is 0 Å². The van der Waals surface area contributed by atoms with Gasteiger partial charge in [-0.3, -0.25) is 4.98 Å². The molecule has 2 rings (SSSR count). The average Bonchev–Trinajstić information content (AvgIpc) is 2.41. The van der Waals surface area contributed by atoms with Gasteiger partial charge >= 0.3 is 0 Å². The van der Waals surface area contributed by atoms with E-state index in [0.717, 1.165) is 13.1 Å². The highest BCUT2D eigenvalue weighted by Gasteiger charge is 1.98. The number of nitrogens with zero attached hydrogens (tertiary/aromatic N) is 1. The maximum atomic E-state index is 4.04. The monoisotopic (exact) mass is 226 g/mol. The molecule has 88 valence electrons. The summed E-state index contributed by atoms with van der Waals surface area (Å²) in [7, 11) is 0. The molecular formula is C15H18N2. The van der Waals surface area contributed by atoms with E-state index in [4.69, 9.17) is 0 Å². The normalized spacial score (nSPS) is 10.4. The molecule has 0 aliphatic heterocycles. The Morgan fingerprint density at radius 3 is 2.65 bits per heavy atom. The van der Waals surface area contributed by atoms with Gasteiger partial charge in [0.05, 0.1) is 0 Å². The van der Waals surface area contributed by atoms with E-state index in [1.165, 1.54) is 23.1 Å². The number of rotatable bonds is 5. The number of hydrogen-bond acceptors (Lipinski definition) is 2. The third-order valence-corrected chi connectivity index (χ3v) is 2.70. The van der Waals surface area contributed by atoms with Gasteiger partial charge in [0.2, 0.25) is 0 Å². The molecule has 0 bridgehead atoms. The predicted molar refractivity (Wildman–Crippen MR) is 71.7 cm³/mol. The van der Waals surface area contributed by atoms with E-state index in [2.05, 4.69) is 41.5 Å². The van der Waals surface area contributed by atoms with Gasteiger partial charge in [0, 0.05) is 18.9 Å². The van der Waals surface area contributed by atoms with Crippen molar-refractivity contribution in [2.75, 3.05) is 6.54 Å². The number of pyridine rings is 1. The third-order valence-electron chi connectivity index (χ3n) is 2.70. The van der Waals surface area contributed by atoms with E-state index >= 15 is 0 Å². The predicted octanol–water partition coefficient (Wildman–Crippen LogP) is 3.25. The van der Waals surface area contributed by atoms with Crippen LogP contribution in [-0.2, 0) is 6.54 Å². The molecule has 1 heterocycles. The standard InChI is InChI=1S/C15H18N2/c1-2-8-17-12-13-4-3-5-15(11-13)14-6-9-16-10-7-14/h3-7,9-11,17H,2,8,12H2,1H3. The first-order chi connectivity index (χ1) is 8.40. The van der Waals surface area contributed by atoms with E-state index in [0.29, 0.717) is 0 Å². The lowest BCUT2D eigenvalue weighted by molar-refractivity contribution is 0.675. The van der Waals surface area contributed by atoms with E-state index in [1.54, 1.807) is 0 Å². The fourth-order valence-corrected chi connectivity index (χ4v) is 1.81. The number of aromatic nitrogens is 1. The first-order valence-corrected chi connectivity index (χ1v) is 6.10. The average molecular weight is 226 g/mol. The van der Waals surface area contributed by atoms with Crippen LogP contribution in [0.25, 0.3) is 11.1 Å². The van der Waals surface area contributed by atoms with Gasteiger partial charge in [-0.2, -0.15) is 0 Å². The molecule has 17 heavy (non-hydrogen) atoms. The molecule has 1 aromatic heterocycles. The second-order valence-corrected chi connectivity index (χ2v) is 4.11. The Labute approximate surface area is 103 Å². The summed E-state index contributed by atoms with van der Waals surface area (Å²) in [6.45, 7) is 4.19. The zero-order chi connectivity index (χ0) is 11.9. The van der Waals surface area contributed by atoms with Crippen molar-refractivity contribution >= 4 is 0 Å². The maximum absolute atomic E-state index is 4.04. The van der Waals surface area contributed by atoms with Crippen LogP contribution < -0.4 is 5.32 Å². The number of nitrogens with one attached hydrogen (secondary N) is 1. The molecule has 2 heteroatoms. The summed E-state index contributed by atoms with van der Waals surface area (Å²) in [4.78, 5) is 4.04. The van der Waals surface area contributed by atoms with Crippen LogP contribution in [0.4, 0.5) is 0 Å². The van der Waals surface area contributed by atoms with Crippen molar-refractivity contribution in [3.8, 4) is 11.1 Å². The molecule has 2 nitrogen and oxygen atoms in total. The molecule has 0 aliphatic carbocycles. The zero-order valence-corrected chi connectivity index (χ0v) is 10.2. The SMILES string of the molecule is CCCNCc1cccc(-c2ccncc2)c1. The summed E-state index contributed by atoms with van der Waals surface area (Å²) in [5, 5.41) is 3.42. The van der Waals surface area contributed by atoms with Gasteiger partial charge in [0.25, 0.3) is 0 Å². The topological polar surface area (TPSA) is 24.9 Å². The van der Waals surface area contributed by atoms with Gasteiger partial charge in [-0.25, -0.2) is 0 Å². The minimum Gasteiger partial charge on any atom is -0.313 e. The zero-order valence-electron chi connectivity index (χ0n) is 10.2. The number of benzene rings is 1. The molecule has 0 unspecified atom stereocenters. The summed E-state index contributed by atoms with van der Waals surface area (Å²) in [5.41, 5.74) is 3.80. The lowest BCUT2D eigenvalue weighted by Crippen LogP contribution is -2.13. The molecule has 2 aromatic rings. The van der Waals surface area contributed by atoms with E-state index < -0.39 is 0 Å². The third kappa shape index (κ3) is 3.40. The number of hydrogen-bond donors (Lipinski definition) is 1. The van der Waals surface area contributed by atoms with Gasteiger partial charge in [-0.1, -0.05) is 25.1 Å². The first-order valence-electron chi connectivity index (χ1n) is 6.10. The Kier molecular flexibility index (Phi) is 4.28. The quantitative estimate of drug-likeness (QED) is 0.792. The van der Waals surface area contributed by atoms with Crippen LogP contribution in [-0.4, -0.2) is 11.5 Å². The largest absolute Gasteiger partial charge is 0.313 e. The Bertz CT molecular complexity index is 451. The van der Waals surface area contributed by atoms with Gasteiger partial charge in [-0.05, 0) is 47.9 Å². The van der Waals surface area contributed by atoms with Crippen LogP contribution in [0, 0.1) is 0 Å². The summed E-state index contributed by atoms with van der Waals surface area (Å²) in [5.74, 6) is 0. The molecule has 0 amide bonds. The van der Waals surface area contributed by atoms with Gasteiger partial charge < -0.3 is 5.32 Å². The van der Waals surface area contributed by atoms with E-state index in [1.807, 2.05) is 24.5 Å². The van der Waals surface area contributed by atoms with Crippen molar-refractivity contribution in [1.29, 1.82) is 0 Å². The van der Waals surface area contributed by atoms with Crippen molar-refractivity contribution < 1.29 is 0 Å². The van der Waals surface area contributed by atoms with Crippen LogP contribution in [0.3, 0.4) is 0 Å². The molecule has 0 fully saturated rings. The summed E-state index contributed by atoms with van der Waals surface area (Å²) in [6.07, 6.45) is 4.83. The highest BCUT2D eigenvalue weighted by molar-refractivity contribution is 5.63. The second-order valence-electron chi connectivity index (χ2n) is 4.11. The first kappa shape index (κ1) is 11.8. The molecule has 0 radical (unpaired) electrons. The molecule has 0 saturated carbocycles. The maximum Gasteiger partial charge on any atom is 0.0273 e. The molecular weight excluding hydrogens is 208 g/mol. The van der Waals surface area contributed by atoms with Crippen molar-refractivity contribution in [3.05, 3.63) is 54.4 Å². The second kappa shape index (κ2) is 6.16. The smallest absolute Gasteiger partial charge is 0.0273 e. The molecule has 1 aromatic carbocycles. The summed E-state index contributed by atoms with van der Waals surface area (Å²) >= 11 is 0. The Balaban J connectivity index is 2.12. The highest BCUT2D eigenvalue weighted by atomic mass is 14.8. The molecule has 0 atom stereocenters. The van der Waals surface area contributed by atoms with Gasteiger partial charge in [0.15, 0.2) is 0 Å². The van der Waals surface area contributed by atoms with Crippen LogP contribution in [0.2, 0.25) is 0 Å². The minimum absolute atomic E-state index is 0.937. The molecule has 1 N–H and O–H groups in total. The molecule has 0 saturated heterocycles. The van der Waals surface area contributed by atoms with Crippen molar-refractivity contribution in [3.63, 3.8) is 0 Å². The van der Waals surface area contributed by atoms with Gasteiger partial charge in [0.1, 0.15) is 0 Å².